The predicted molar refractivity (Wildman–Crippen MR) is 99.6 cm³/mol. The molecule has 3 rings (SSSR count). The van der Waals surface area contributed by atoms with E-state index in [-0.39, 0.29) is 16.5 Å². The van der Waals surface area contributed by atoms with E-state index in [1.807, 2.05) is 23.6 Å². The molecule has 0 bridgehead atoms. The van der Waals surface area contributed by atoms with Gasteiger partial charge in [0.2, 0.25) is 0 Å². The fourth-order valence-corrected chi connectivity index (χ4v) is 3.86. The van der Waals surface area contributed by atoms with Gasteiger partial charge in [0.15, 0.2) is 0 Å². The Morgan fingerprint density at radius 1 is 1.04 bits per heavy atom. The fourth-order valence-electron chi connectivity index (χ4n) is 2.77. The van der Waals surface area contributed by atoms with E-state index in [1.54, 1.807) is 18.2 Å². The van der Waals surface area contributed by atoms with Crippen LogP contribution in [-0.4, -0.2) is 24.9 Å². The third-order valence-electron chi connectivity index (χ3n) is 4.03. The van der Waals surface area contributed by atoms with E-state index in [0.29, 0.717) is 10.6 Å². The number of carbonyl (C=O) groups is 2. The number of hydrogen-bond donors (Lipinski definition) is 0. The van der Waals surface area contributed by atoms with E-state index >= 15 is 0 Å². The van der Waals surface area contributed by atoms with Crippen LogP contribution in [-0.2, 0) is 9.59 Å². The molecule has 1 aliphatic rings. The summed E-state index contributed by atoms with van der Waals surface area (Å²) in [5, 5.41) is 1.83. The van der Waals surface area contributed by atoms with Crippen molar-refractivity contribution in [2.24, 2.45) is 0 Å². The first-order valence-corrected chi connectivity index (χ1v) is 9.01. The van der Waals surface area contributed by atoms with E-state index in [4.69, 9.17) is 11.6 Å². The molecule has 0 fully saturated rings. The lowest BCUT2D eigenvalue weighted by Gasteiger charge is -2.22. The maximum Gasteiger partial charge on any atom is 0.277 e. The molecule has 1 aromatic carbocycles. The first kappa shape index (κ1) is 16.7. The Morgan fingerprint density at radius 2 is 1.71 bits per heavy atom. The topological polar surface area (TPSA) is 40.6 Å². The summed E-state index contributed by atoms with van der Waals surface area (Å²) in [4.78, 5) is 29.2. The van der Waals surface area contributed by atoms with Gasteiger partial charge in [-0.15, -0.1) is 11.3 Å². The molecular weight excluding hydrogens is 344 g/mol. The zero-order chi connectivity index (χ0) is 17.3. The Morgan fingerprint density at radius 3 is 2.25 bits per heavy atom. The number of amides is 2. The van der Waals surface area contributed by atoms with Crippen LogP contribution in [0.25, 0.3) is 5.57 Å². The van der Waals surface area contributed by atoms with E-state index in [9.17, 15) is 9.59 Å². The van der Waals surface area contributed by atoms with Gasteiger partial charge in [-0.1, -0.05) is 17.7 Å². The van der Waals surface area contributed by atoms with Crippen molar-refractivity contribution in [3.05, 3.63) is 51.7 Å². The zero-order valence-electron chi connectivity index (χ0n) is 13.5. The normalized spacial score (nSPS) is 14.7. The van der Waals surface area contributed by atoms with Crippen molar-refractivity contribution >= 4 is 51.7 Å². The standard InChI is InChI=1S/C18H17ClN2O2S/c1-3-20(4-2)12-7-9-13(10-8-12)21-17(22)15(16(19)18(21)23)14-6-5-11-24-14/h5-11H,3-4H2,1-2H3. The highest BCUT2D eigenvalue weighted by atomic mass is 35.5. The Hall–Kier alpha value is -2.11. The number of imide groups is 1. The van der Waals surface area contributed by atoms with E-state index in [2.05, 4.69) is 18.7 Å². The van der Waals surface area contributed by atoms with Crippen LogP contribution in [0.2, 0.25) is 0 Å². The SMILES string of the molecule is CCN(CC)c1ccc(N2C(=O)C(Cl)=C(c3cccs3)C2=O)cc1. The van der Waals surface area contributed by atoms with Gasteiger partial charge in [0.25, 0.3) is 11.8 Å². The molecule has 0 aliphatic carbocycles. The summed E-state index contributed by atoms with van der Waals surface area (Å²) in [7, 11) is 0. The van der Waals surface area contributed by atoms with Crippen LogP contribution in [0.4, 0.5) is 11.4 Å². The minimum Gasteiger partial charge on any atom is -0.372 e. The molecule has 1 aromatic heterocycles. The molecule has 0 spiro atoms. The molecule has 6 heteroatoms. The summed E-state index contributed by atoms with van der Waals surface area (Å²) >= 11 is 7.54. The number of thiophene rings is 1. The van der Waals surface area contributed by atoms with Crippen molar-refractivity contribution in [2.75, 3.05) is 22.9 Å². The minimum atomic E-state index is -0.472. The van der Waals surface area contributed by atoms with Crippen molar-refractivity contribution < 1.29 is 9.59 Å². The van der Waals surface area contributed by atoms with E-state index in [1.165, 1.54) is 11.3 Å². The van der Waals surface area contributed by atoms with Gasteiger partial charge in [-0.05, 0) is 49.6 Å². The smallest absolute Gasteiger partial charge is 0.277 e. The third kappa shape index (κ3) is 2.74. The lowest BCUT2D eigenvalue weighted by molar-refractivity contribution is -0.119. The number of rotatable bonds is 5. The van der Waals surface area contributed by atoms with Crippen molar-refractivity contribution in [3.63, 3.8) is 0 Å². The summed E-state index contributed by atoms with van der Waals surface area (Å²) in [6.45, 7) is 5.96. The first-order chi connectivity index (χ1) is 11.6. The van der Waals surface area contributed by atoms with Gasteiger partial charge in [0, 0.05) is 23.7 Å². The number of carbonyl (C=O) groups excluding carboxylic acids is 2. The molecule has 124 valence electrons. The molecular formula is C18H17ClN2O2S. The molecule has 2 amide bonds. The number of nitrogens with zero attached hydrogens (tertiary/aromatic N) is 2. The molecule has 2 heterocycles. The second-order valence-electron chi connectivity index (χ2n) is 5.30. The van der Waals surface area contributed by atoms with Gasteiger partial charge in [0.05, 0.1) is 11.3 Å². The summed E-state index contributed by atoms with van der Waals surface area (Å²) in [5.74, 6) is -0.844. The van der Waals surface area contributed by atoms with Crippen LogP contribution in [0.15, 0.2) is 46.8 Å². The maximum absolute atomic E-state index is 12.7. The molecule has 0 unspecified atom stereocenters. The molecule has 0 saturated carbocycles. The van der Waals surface area contributed by atoms with E-state index in [0.717, 1.165) is 23.7 Å². The maximum atomic E-state index is 12.7. The first-order valence-electron chi connectivity index (χ1n) is 7.75. The van der Waals surface area contributed by atoms with Crippen molar-refractivity contribution in [1.82, 2.24) is 0 Å². The second-order valence-corrected chi connectivity index (χ2v) is 6.63. The van der Waals surface area contributed by atoms with Crippen molar-refractivity contribution in [2.45, 2.75) is 13.8 Å². The fraction of sp³-hybridized carbons (Fsp3) is 0.222. The Kier molecular flexibility index (Phi) is 4.73. The number of benzene rings is 1. The van der Waals surface area contributed by atoms with Gasteiger partial charge in [-0.3, -0.25) is 9.59 Å². The molecule has 0 N–H and O–H groups in total. The zero-order valence-corrected chi connectivity index (χ0v) is 15.0. The van der Waals surface area contributed by atoms with Crippen LogP contribution < -0.4 is 9.80 Å². The third-order valence-corrected chi connectivity index (χ3v) is 5.27. The monoisotopic (exact) mass is 360 g/mol. The molecule has 0 saturated heterocycles. The lowest BCUT2D eigenvalue weighted by atomic mass is 10.2. The number of hydrogen-bond acceptors (Lipinski definition) is 4. The summed E-state index contributed by atoms with van der Waals surface area (Å²) in [5.41, 5.74) is 1.87. The van der Waals surface area contributed by atoms with Crippen LogP contribution in [0.1, 0.15) is 18.7 Å². The predicted octanol–water partition coefficient (Wildman–Crippen LogP) is 4.12. The van der Waals surface area contributed by atoms with Crippen LogP contribution >= 0.6 is 22.9 Å². The summed E-state index contributed by atoms with van der Waals surface area (Å²) in [6, 6.07) is 11.0. The van der Waals surface area contributed by atoms with Crippen molar-refractivity contribution in [1.29, 1.82) is 0 Å². The average Bonchev–Trinajstić information content (AvgIpc) is 3.18. The minimum absolute atomic E-state index is 0.0183. The molecule has 0 atom stereocenters. The highest BCUT2D eigenvalue weighted by Gasteiger charge is 2.39. The largest absolute Gasteiger partial charge is 0.372 e. The van der Waals surface area contributed by atoms with Crippen LogP contribution in [0, 0.1) is 0 Å². The molecule has 24 heavy (non-hydrogen) atoms. The molecule has 0 radical (unpaired) electrons. The molecule has 2 aromatic rings. The second kappa shape index (κ2) is 6.79. The van der Waals surface area contributed by atoms with Gasteiger partial charge in [-0.2, -0.15) is 0 Å². The van der Waals surface area contributed by atoms with Crippen LogP contribution in [0.5, 0.6) is 0 Å². The van der Waals surface area contributed by atoms with E-state index < -0.39 is 5.91 Å². The highest BCUT2D eigenvalue weighted by Crippen LogP contribution is 2.36. The average molecular weight is 361 g/mol. The quantitative estimate of drug-likeness (QED) is 0.753. The Balaban J connectivity index is 1.92. The lowest BCUT2D eigenvalue weighted by Crippen LogP contribution is -2.31. The number of halogens is 1. The molecule has 4 nitrogen and oxygen atoms in total. The Labute approximate surface area is 149 Å². The van der Waals surface area contributed by atoms with Gasteiger partial charge < -0.3 is 4.90 Å². The van der Waals surface area contributed by atoms with Crippen LogP contribution in [0.3, 0.4) is 0 Å². The van der Waals surface area contributed by atoms with Gasteiger partial charge in [0.1, 0.15) is 5.03 Å². The highest BCUT2D eigenvalue weighted by molar-refractivity contribution is 7.11. The number of anilines is 2. The Bertz CT molecular complexity index is 793. The van der Waals surface area contributed by atoms with Crippen molar-refractivity contribution in [3.8, 4) is 0 Å². The van der Waals surface area contributed by atoms with Gasteiger partial charge >= 0.3 is 0 Å². The summed E-state index contributed by atoms with van der Waals surface area (Å²) < 4.78 is 0. The summed E-state index contributed by atoms with van der Waals surface area (Å²) in [6.07, 6.45) is 0. The van der Waals surface area contributed by atoms with Gasteiger partial charge in [-0.25, -0.2) is 4.90 Å². The molecule has 1 aliphatic heterocycles.